The molecule has 1 N–H and O–H groups in total. The number of aromatic nitrogens is 2. The number of thiophene rings is 2. The molecule has 1 fully saturated rings. The molecular formula is C21H19ClN4OS2. The molecule has 8 heteroatoms. The minimum absolute atomic E-state index is 0.176. The lowest BCUT2D eigenvalue weighted by Gasteiger charge is -2.33. The van der Waals surface area contributed by atoms with Crippen LogP contribution in [0.5, 0.6) is 0 Å². The average molecular weight is 443 g/mol. The summed E-state index contributed by atoms with van der Waals surface area (Å²) in [5.41, 5.74) is 3.31. The van der Waals surface area contributed by atoms with Crippen molar-refractivity contribution in [2.45, 2.75) is 13.1 Å². The lowest BCUT2D eigenvalue weighted by Crippen LogP contribution is -2.49. The highest BCUT2D eigenvalue weighted by atomic mass is 35.5. The Morgan fingerprint density at radius 2 is 2.10 bits per heavy atom. The molecule has 1 aliphatic rings. The van der Waals surface area contributed by atoms with Gasteiger partial charge in [-0.2, -0.15) is 0 Å². The molecule has 4 aromatic rings. The SMILES string of the molecule is O=C1CN(Cc2cc(-c3ccc(Cl)s3)cs2)CCN1Cc1cc2cnccc2[nH]1. The molecule has 1 saturated heterocycles. The number of nitrogens with one attached hydrogen (secondary N) is 1. The first kappa shape index (κ1) is 18.8. The Hall–Kier alpha value is -2.19. The highest BCUT2D eigenvalue weighted by Gasteiger charge is 2.24. The zero-order valence-corrected chi connectivity index (χ0v) is 18.0. The van der Waals surface area contributed by atoms with E-state index in [-0.39, 0.29) is 5.91 Å². The molecule has 1 aliphatic heterocycles. The van der Waals surface area contributed by atoms with Crippen molar-refractivity contribution < 1.29 is 4.79 Å². The number of nitrogens with zero attached hydrogens (tertiary/aromatic N) is 3. The van der Waals surface area contributed by atoms with Gasteiger partial charge in [0.05, 0.1) is 17.4 Å². The first-order valence-electron chi connectivity index (χ1n) is 9.39. The van der Waals surface area contributed by atoms with Crippen molar-refractivity contribution in [2.24, 2.45) is 0 Å². The molecule has 29 heavy (non-hydrogen) atoms. The number of aromatic amines is 1. The summed E-state index contributed by atoms with van der Waals surface area (Å²) in [7, 11) is 0. The maximum absolute atomic E-state index is 12.7. The monoisotopic (exact) mass is 442 g/mol. The quantitative estimate of drug-likeness (QED) is 0.480. The lowest BCUT2D eigenvalue weighted by molar-refractivity contribution is -0.136. The van der Waals surface area contributed by atoms with Crippen LogP contribution in [0.15, 0.2) is 48.1 Å². The van der Waals surface area contributed by atoms with Crippen LogP contribution in [-0.4, -0.2) is 45.3 Å². The van der Waals surface area contributed by atoms with Crippen molar-refractivity contribution in [2.75, 3.05) is 19.6 Å². The van der Waals surface area contributed by atoms with E-state index in [0.717, 1.165) is 40.6 Å². The summed E-state index contributed by atoms with van der Waals surface area (Å²) in [4.78, 5) is 26.8. The van der Waals surface area contributed by atoms with Crippen LogP contribution in [0.4, 0.5) is 0 Å². The van der Waals surface area contributed by atoms with E-state index < -0.39 is 0 Å². The summed E-state index contributed by atoms with van der Waals surface area (Å²) in [6, 6.07) is 10.2. The molecule has 1 amide bonds. The minimum atomic E-state index is 0.176. The number of H-pyrrole nitrogens is 1. The van der Waals surface area contributed by atoms with Gasteiger partial charge in [-0.15, -0.1) is 22.7 Å². The predicted octanol–water partition coefficient (Wildman–Crippen LogP) is 4.85. The normalized spacial score (nSPS) is 15.5. The Kier molecular flexibility index (Phi) is 5.13. The van der Waals surface area contributed by atoms with Crippen LogP contribution in [-0.2, 0) is 17.9 Å². The van der Waals surface area contributed by atoms with Crippen molar-refractivity contribution in [1.82, 2.24) is 19.8 Å². The molecule has 0 radical (unpaired) electrons. The molecule has 148 valence electrons. The van der Waals surface area contributed by atoms with Crippen LogP contribution in [0.25, 0.3) is 21.3 Å². The van der Waals surface area contributed by atoms with Crippen LogP contribution in [0, 0.1) is 0 Å². The Labute approximate surface area is 181 Å². The number of hydrogen-bond donors (Lipinski definition) is 1. The fraction of sp³-hybridized carbons (Fsp3) is 0.238. The van der Waals surface area contributed by atoms with Crippen LogP contribution >= 0.6 is 34.3 Å². The molecule has 4 aromatic heterocycles. The average Bonchev–Trinajstić information content (AvgIpc) is 3.43. The van der Waals surface area contributed by atoms with Gasteiger partial charge in [0.25, 0.3) is 0 Å². The van der Waals surface area contributed by atoms with Gasteiger partial charge < -0.3 is 9.88 Å². The number of pyridine rings is 1. The number of amides is 1. The summed E-state index contributed by atoms with van der Waals surface area (Å²) in [5, 5.41) is 3.24. The first-order chi connectivity index (χ1) is 14.1. The van der Waals surface area contributed by atoms with Gasteiger partial charge in [-0.1, -0.05) is 11.6 Å². The smallest absolute Gasteiger partial charge is 0.237 e. The summed E-state index contributed by atoms with van der Waals surface area (Å²) < 4.78 is 0.806. The third-order valence-electron chi connectivity index (χ3n) is 5.13. The number of rotatable bonds is 5. The van der Waals surface area contributed by atoms with E-state index in [9.17, 15) is 4.79 Å². The van der Waals surface area contributed by atoms with Gasteiger partial charge in [0.2, 0.25) is 5.91 Å². The van der Waals surface area contributed by atoms with Crippen LogP contribution < -0.4 is 0 Å². The Morgan fingerprint density at radius 3 is 2.90 bits per heavy atom. The van der Waals surface area contributed by atoms with Crippen LogP contribution in [0.3, 0.4) is 0 Å². The topological polar surface area (TPSA) is 52.2 Å². The molecule has 0 spiro atoms. The Morgan fingerprint density at radius 1 is 1.17 bits per heavy atom. The highest BCUT2D eigenvalue weighted by Crippen LogP contribution is 2.34. The second-order valence-corrected chi connectivity index (χ2v) is 9.90. The van der Waals surface area contributed by atoms with E-state index >= 15 is 0 Å². The maximum atomic E-state index is 12.7. The largest absolute Gasteiger partial charge is 0.357 e. The van der Waals surface area contributed by atoms with Crippen molar-refractivity contribution in [3.63, 3.8) is 0 Å². The van der Waals surface area contributed by atoms with E-state index in [4.69, 9.17) is 11.6 Å². The third kappa shape index (κ3) is 4.09. The lowest BCUT2D eigenvalue weighted by atomic mass is 10.2. The number of hydrogen-bond acceptors (Lipinski definition) is 5. The van der Waals surface area contributed by atoms with E-state index in [1.807, 2.05) is 23.2 Å². The Balaban J connectivity index is 1.20. The van der Waals surface area contributed by atoms with Gasteiger partial charge in [0.1, 0.15) is 0 Å². The zero-order chi connectivity index (χ0) is 19.8. The van der Waals surface area contributed by atoms with Gasteiger partial charge in [0, 0.05) is 63.9 Å². The maximum Gasteiger partial charge on any atom is 0.237 e. The standard InChI is InChI=1S/C21H19ClN4OS2/c22-20-2-1-19(29-20)15-8-17(28-13-15)11-25-5-6-26(21(27)12-25)10-16-7-14-9-23-4-3-18(14)24-16/h1-4,7-9,13,24H,5-6,10-12H2. The number of carbonyl (C=O) groups is 1. The molecule has 0 unspecified atom stereocenters. The molecule has 5 heterocycles. The van der Waals surface area contributed by atoms with E-state index in [1.54, 1.807) is 28.9 Å². The fourth-order valence-corrected chi connectivity index (χ4v) is 5.70. The van der Waals surface area contributed by atoms with Gasteiger partial charge in [-0.05, 0) is 35.7 Å². The molecule has 0 aliphatic carbocycles. The fourth-order valence-electron chi connectivity index (χ4n) is 3.67. The number of carbonyl (C=O) groups excluding carboxylic acids is 1. The van der Waals surface area contributed by atoms with Crippen molar-refractivity contribution in [3.05, 3.63) is 63.0 Å². The third-order valence-corrected chi connectivity index (χ3v) is 7.33. The summed E-state index contributed by atoms with van der Waals surface area (Å²) in [5.74, 6) is 0.176. The summed E-state index contributed by atoms with van der Waals surface area (Å²) >= 11 is 9.38. The molecule has 5 nitrogen and oxygen atoms in total. The number of fused-ring (bicyclic) bond motifs is 1. The molecule has 0 saturated carbocycles. The molecule has 0 atom stereocenters. The number of piperazine rings is 1. The van der Waals surface area contributed by atoms with Crippen molar-refractivity contribution in [3.8, 4) is 10.4 Å². The van der Waals surface area contributed by atoms with Gasteiger partial charge >= 0.3 is 0 Å². The molecular weight excluding hydrogens is 424 g/mol. The van der Waals surface area contributed by atoms with E-state index in [0.29, 0.717) is 13.1 Å². The van der Waals surface area contributed by atoms with Gasteiger partial charge in [-0.3, -0.25) is 14.7 Å². The second-order valence-electron chi connectivity index (χ2n) is 7.19. The van der Waals surface area contributed by atoms with E-state index in [2.05, 4.69) is 38.4 Å². The first-order valence-corrected chi connectivity index (χ1v) is 11.5. The highest BCUT2D eigenvalue weighted by molar-refractivity contribution is 7.19. The van der Waals surface area contributed by atoms with Crippen LogP contribution in [0.1, 0.15) is 10.6 Å². The molecule has 5 rings (SSSR count). The Bertz CT molecular complexity index is 1130. The molecule has 0 bridgehead atoms. The van der Waals surface area contributed by atoms with E-state index in [1.165, 1.54) is 15.3 Å². The van der Waals surface area contributed by atoms with Gasteiger partial charge in [-0.25, -0.2) is 0 Å². The summed E-state index contributed by atoms with van der Waals surface area (Å²) in [6.07, 6.45) is 3.62. The van der Waals surface area contributed by atoms with Crippen molar-refractivity contribution in [1.29, 1.82) is 0 Å². The van der Waals surface area contributed by atoms with Gasteiger partial charge in [0.15, 0.2) is 0 Å². The molecule has 0 aromatic carbocycles. The second kappa shape index (κ2) is 7.91. The minimum Gasteiger partial charge on any atom is -0.357 e. The zero-order valence-electron chi connectivity index (χ0n) is 15.6. The number of halogens is 1. The van der Waals surface area contributed by atoms with Crippen molar-refractivity contribution >= 4 is 51.1 Å². The van der Waals surface area contributed by atoms with Crippen LogP contribution in [0.2, 0.25) is 4.34 Å². The summed E-state index contributed by atoms with van der Waals surface area (Å²) in [6.45, 7) is 3.50. The predicted molar refractivity (Wildman–Crippen MR) is 119 cm³/mol.